The maximum absolute atomic E-state index is 15.0. The van der Waals surface area contributed by atoms with Crippen LogP contribution in [0, 0.1) is 11.6 Å². The second-order valence-corrected chi connectivity index (χ2v) is 5.90. The normalized spacial score (nSPS) is 16.1. The van der Waals surface area contributed by atoms with Crippen molar-refractivity contribution in [3.63, 3.8) is 0 Å². The van der Waals surface area contributed by atoms with Crippen molar-refractivity contribution in [3.05, 3.63) is 70.9 Å². The fourth-order valence-corrected chi connectivity index (χ4v) is 2.97. The molecule has 0 saturated carbocycles. The molecule has 0 spiro atoms. The summed E-state index contributed by atoms with van der Waals surface area (Å²) in [6, 6.07) is 10.1. The van der Waals surface area contributed by atoms with Gasteiger partial charge in [0.2, 0.25) is 0 Å². The van der Waals surface area contributed by atoms with E-state index in [9.17, 15) is 19.4 Å². The minimum Gasteiger partial charge on any atom is -0.478 e. The molecule has 1 aliphatic rings. The van der Waals surface area contributed by atoms with Crippen molar-refractivity contribution < 1.29 is 23.8 Å². The summed E-state index contributed by atoms with van der Waals surface area (Å²) in [4.78, 5) is 12.6. The molecule has 0 aliphatic carbocycles. The zero-order valence-electron chi connectivity index (χ0n) is 14.0. The quantitative estimate of drug-likeness (QED) is 0.762. The van der Waals surface area contributed by atoms with Gasteiger partial charge in [-0.05, 0) is 18.6 Å². The van der Waals surface area contributed by atoms with Crippen molar-refractivity contribution in [1.29, 1.82) is 0 Å². The molecule has 0 amide bonds. The number of aliphatic carboxylic acids is 1. The van der Waals surface area contributed by atoms with Crippen molar-refractivity contribution >= 4 is 17.3 Å². The Balaban J connectivity index is 2.01. The molecular weight excluding hydrogens is 342 g/mol. The lowest BCUT2D eigenvalue weighted by Gasteiger charge is -2.31. The first-order chi connectivity index (χ1) is 12.4. The highest BCUT2D eigenvalue weighted by atomic mass is 19.1. The number of benzene rings is 2. The van der Waals surface area contributed by atoms with Gasteiger partial charge in [0, 0.05) is 24.9 Å². The molecule has 5 nitrogen and oxygen atoms in total. The Morgan fingerprint density at radius 2 is 1.96 bits per heavy atom. The van der Waals surface area contributed by atoms with Gasteiger partial charge in [-0.3, -0.25) is 0 Å². The van der Waals surface area contributed by atoms with Gasteiger partial charge in [0.05, 0.1) is 11.3 Å². The lowest BCUT2D eigenvalue weighted by Crippen LogP contribution is -2.28. The SMILES string of the molecule is CCN1C=C(C(=O)O)C(O)c2cc(F)c(NCc3ccccc3)c(F)c21. The fourth-order valence-electron chi connectivity index (χ4n) is 2.97. The van der Waals surface area contributed by atoms with Gasteiger partial charge >= 0.3 is 5.97 Å². The van der Waals surface area contributed by atoms with Crippen LogP contribution in [0.3, 0.4) is 0 Å². The number of carbonyl (C=O) groups is 1. The van der Waals surface area contributed by atoms with Crippen molar-refractivity contribution in [2.24, 2.45) is 0 Å². The molecule has 1 aliphatic heterocycles. The number of rotatable bonds is 5. The average Bonchev–Trinajstić information content (AvgIpc) is 2.63. The number of hydrogen-bond donors (Lipinski definition) is 3. The topological polar surface area (TPSA) is 72.8 Å². The fraction of sp³-hybridized carbons (Fsp3) is 0.211. The second kappa shape index (κ2) is 7.13. The summed E-state index contributed by atoms with van der Waals surface area (Å²) in [7, 11) is 0. The highest BCUT2D eigenvalue weighted by molar-refractivity contribution is 5.91. The van der Waals surface area contributed by atoms with Crippen LogP contribution in [-0.4, -0.2) is 22.7 Å². The standard InChI is InChI=1S/C19H18F2N2O3/c1-2-23-10-13(19(25)26)18(24)12-8-14(20)16(15(21)17(12)23)22-9-11-6-4-3-5-7-11/h3-8,10,18,22,24H,2,9H2,1H3,(H,25,26). The summed E-state index contributed by atoms with van der Waals surface area (Å²) in [6.07, 6.45) is -0.422. The summed E-state index contributed by atoms with van der Waals surface area (Å²) in [5.74, 6) is -3.09. The Bertz CT molecular complexity index is 869. The van der Waals surface area contributed by atoms with E-state index in [1.165, 1.54) is 11.1 Å². The summed E-state index contributed by atoms with van der Waals surface area (Å²) < 4.78 is 29.5. The van der Waals surface area contributed by atoms with Crippen LogP contribution in [0.1, 0.15) is 24.2 Å². The van der Waals surface area contributed by atoms with Crippen molar-refractivity contribution in [3.8, 4) is 0 Å². The third-order valence-electron chi connectivity index (χ3n) is 4.29. The van der Waals surface area contributed by atoms with Gasteiger partial charge in [-0.2, -0.15) is 0 Å². The third-order valence-corrected chi connectivity index (χ3v) is 4.29. The summed E-state index contributed by atoms with van der Waals surface area (Å²) in [5.41, 5.74) is 0.0759. The van der Waals surface area contributed by atoms with Crippen LogP contribution in [0.4, 0.5) is 20.2 Å². The molecule has 1 atom stereocenters. The largest absolute Gasteiger partial charge is 0.478 e. The third kappa shape index (κ3) is 3.13. The van der Waals surface area contributed by atoms with Gasteiger partial charge in [-0.1, -0.05) is 30.3 Å². The molecule has 0 aromatic heterocycles. The Labute approximate surface area is 149 Å². The van der Waals surface area contributed by atoms with E-state index in [0.29, 0.717) is 0 Å². The molecule has 0 saturated heterocycles. The van der Waals surface area contributed by atoms with Crippen LogP contribution in [0.5, 0.6) is 0 Å². The summed E-state index contributed by atoms with van der Waals surface area (Å²) in [5, 5.41) is 22.2. The minimum absolute atomic E-state index is 0.0260. The van der Waals surface area contributed by atoms with E-state index in [-0.39, 0.29) is 35.6 Å². The molecule has 3 N–H and O–H groups in total. The number of carboxylic acid groups (broad SMARTS) is 1. The number of halogens is 2. The van der Waals surface area contributed by atoms with Gasteiger partial charge in [0.15, 0.2) is 5.82 Å². The van der Waals surface area contributed by atoms with Crippen molar-refractivity contribution in [2.45, 2.75) is 19.6 Å². The van der Waals surface area contributed by atoms with Crippen LogP contribution in [-0.2, 0) is 11.3 Å². The number of hydrogen-bond acceptors (Lipinski definition) is 4. The van der Waals surface area contributed by atoms with Crippen LogP contribution < -0.4 is 10.2 Å². The van der Waals surface area contributed by atoms with Gasteiger partial charge in [0.1, 0.15) is 17.6 Å². The van der Waals surface area contributed by atoms with E-state index in [4.69, 9.17) is 0 Å². The van der Waals surface area contributed by atoms with Crippen LogP contribution in [0.25, 0.3) is 0 Å². The summed E-state index contributed by atoms with van der Waals surface area (Å²) >= 11 is 0. The van der Waals surface area contributed by atoms with E-state index >= 15 is 4.39 Å². The Morgan fingerprint density at radius 1 is 1.27 bits per heavy atom. The molecular formula is C19H18F2N2O3. The number of carboxylic acids is 1. The number of aliphatic hydroxyl groups is 1. The number of anilines is 2. The molecule has 0 radical (unpaired) electrons. The van der Waals surface area contributed by atoms with Crippen LogP contribution in [0.2, 0.25) is 0 Å². The van der Waals surface area contributed by atoms with E-state index in [1.54, 1.807) is 6.92 Å². The predicted octanol–water partition coefficient (Wildman–Crippen LogP) is 3.42. The van der Waals surface area contributed by atoms with Crippen LogP contribution >= 0.6 is 0 Å². The molecule has 2 aromatic rings. The van der Waals surface area contributed by atoms with E-state index in [1.807, 2.05) is 30.3 Å². The number of aliphatic hydroxyl groups excluding tert-OH is 1. The molecule has 136 valence electrons. The molecule has 3 rings (SSSR count). The Morgan fingerprint density at radius 3 is 2.58 bits per heavy atom. The molecule has 1 unspecified atom stereocenters. The van der Waals surface area contributed by atoms with Crippen molar-refractivity contribution in [1.82, 2.24) is 0 Å². The van der Waals surface area contributed by atoms with Crippen LogP contribution in [0.15, 0.2) is 48.2 Å². The number of nitrogens with zero attached hydrogens (tertiary/aromatic N) is 1. The first kappa shape index (κ1) is 17.9. The average molecular weight is 360 g/mol. The van der Waals surface area contributed by atoms with E-state index < -0.39 is 23.7 Å². The molecule has 2 aromatic carbocycles. The van der Waals surface area contributed by atoms with Crippen molar-refractivity contribution in [2.75, 3.05) is 16.8 Å². The Kier molecular flexibility index (Phi) is 4.90. The van der Waals surface area contributed by atoms with E-state index in [0.717, 1.165) is 11.6 Å². The minimum atomic E-state index is -1.60. The highest BCUT2D eigenvalue weighted by Gasteiger charge is 2.33. The van der Waals surface area contributed by atoms with Gasteiger partial charge < -0.3 is 20.4 Å². The maximum Gasteiger partial charge on any atom is 0.336 e. The monoisotopic (exact) mass is 360 g/mol. The second-order valence-electron chi connectivity index (χ2n) is 5.90. The van der Waals surface area contributed by atoms with E-state index in [2.05, 4.69) is 5.32 Å². The van der Waals surface area contributed by atoms with Gasteiger partial charge in [0.25, 0.3) is 0 Å². The highest BCUT2D eigenvalue weighted by Crippen LogP contribution is 2.41. The number of nitrogens with one attached hydrogen (secondary N) is 1. The smallest absolute Gasteiger partial charge is 0.336 e. The molecule has 0 bridgehead atoms. The lowest BCUT2D eigenvalue weighted by atomic mass is 9.95. The van der Waals surface area contributed by atoms with Gasteiger partial charge in [-0.15, -0.1) is 0 Å². The first-order valence-corrected chi connectivity index (χ1v) is 8.13. The van der Waals surface area contributed by atoms with Gasteiger partial charge in [-0.25, -0.2) is 13.6 Å². The predicted molar refractivity (Wildman–Crippen MR) is 93.8 cm³/mol. The summed E-state index contributed by atoms with van der Waals surface area (Å²) in [6.45, 7) is 2.19. The zero-order chi connectivity index (χ0) is 18.8. The molecule has 1 heterocycles. The first-order valence-electron chi connectivity index (χ1n) is 8.13. The zero-order valence-corrected chi connectivity index (χ0v) is 14.0. The lowest BCUT2D eigenvalue weighted by molar-refractivity contribution is -0.133. The number of fused-ring (bicyclic) bond motifs is 1. The molecule has 0 fully saturated rings. The molecule has 7 heteroatoms. The Hall–Kier alpha value is -2.93. The molecule has 26 heavy (non-hydrogen) atoms. The maximum atomic E-state index is 15.0.